The molecule has 0 amide bonds. The molecule has 0 aliphatic rings. The molecular formula is C7H7BINO5. The van der Waals surface area contributed by atoms with Crippen LogP contribution in [0, 0.1) is 5.21 Å². The molecule has 1 aromatic carbocycles. The quantitative estimate of drug-likeness (QED) is 0.231. The third-order valence-electron chi connectivity index (χ3n) is 1.73. The Kier molecular flexibility index (Phi) is 4.19. The van der Waals surface area contributed by atoms with Crippen LogP contribution in [0.4, 0.5) is 5.69 Å². The second-order valence-electron chi connectivity index (χ2n) is 2.80. The Bertz CT molecular complexity index is 357. The van der Waals surface area contributed by atoms with E-state index in [1.165, 1.54) is 34.7 Å². The second kappa shape index (κ2) is 5.01. The molecule has 0 aliphatic heterocycles. The summed E-state index contributed by atoms with van der Waals surface area (Å²) in [6.45, 7) is 0. The molecule has 15 heavy (non-hydrogen) atoms. The second-order valence-corrected chi connectivity index (χ2v) is 3.78. The lowest BCUT2D eigenvalue weighted by Crippen LogP contribution is -2.99. The Morgan fingerprint density at radius 1 is 1.40 bits per heavy atom. The Balaban J connectivity index is 3.26. The number of carbonyl (C=O) groups excluding carboxylic acids is 1. The SMILES string of the molecule is O=C(I)c1cc(B(O)O)cc([NH+]([O-])O)c1. The molecule has 0 bridgehead atoms. The maximum Gasteiger partial charge on any atom is 0.488 e. The van der Waals surface area contributed by atoms with Crippen LogP contribution in [0.1, 0.15) is 10.4 Å². The summed E-state index contributed by atoms with van der Waals surface area (Å²) in [5.41, 5.74) is -0.0471. The van der Waals surface area contributed by atoms with Crippen LogP contribution in [0.3, 0.4) is 0 Å². The Labute approximate surface area is 99.0 Å². The molecular weight excluding hydrogens is 316 g/mol. The molecule has 0 radical (unpaired) electrons. The van der Waals surface area contributed by atoms with Crippen LogP contribution in [0.2, 0.25) is 0 Å². The van der Waals surface area contributed by atoms with Crippen LogP contribution >= 0.6 is 22.6 Å². The van der Waals surface area contributed by atoms with Gasteiger partial charge in [-0.05, 0) is 5.46 Å². The van der Waals surface area contributed by atoms with E-state index in [1.54, 1.807) is 0 Å². The van der Waals surface area contributed by atoms with Crippen LogP contribution in [0.25, 0.3) is 0 Å². The van der Waals surface area contributed by atoms with Crippen molar-refractivity contribution in [3.63, 3.8) is 0 Å². The number of nitrogens with one attached hydrogen (secondary N) is 1. The Morgan fingerprint density at radius 2 is 2.00 bits per heavy atom. The van der Waals surface area contributed by atoms with Crippen LogP contribution in [0.5, 0.6) is 0 Å². The van der Waals surface area contributed by atoms with Gasteiger partial charge >= 0.3 is 7.12 Å². The van der Waals surface area contributed by atoms with Crippen molar-refractivity contribution in [2.45, 2.75) is 0 Å². The monoisotopic (exact) mass is 323 g/mol. The van der Waals surface area contributed by atoms with Gasteiger partial charge in [-0.2, -0.15) is 5.23 Å². The summed E-state index contributed by atoms with van der Waals surface area (Å²) < 4.78 is -0.363. The predicted octanol–water partition coefficient (Wildman–Crippen LogP) is -1.66. The fraction of sp³-hybridized carbons (Fsp3) is 0. The number of benzene rings is 1. The van der Waals surface area contributed by atoms with Gasteiger partial charge in [-0.1, -0.05) is 6.07 Å². The van der Waals surface area contributed by atoms with E-state index in [9.17, 15) is 10.0 Å². The molecule has 0 saturated carbocycles. The van der Waals surface area contributed by atoms with Gasteiger partial charge in [-0.15, -0.1) is 0 Å². The zero-order valence-corrected chi connectivity index (χ0v) is 9.50. The highest BCUT2D eigenvalue weighted by molar-refractivity contribution is 14.1. The molecule has 1 unspecified atom stereocenters. The topological polar surface area (TPSA) is 105 Å². The van der Waals surface area contributed by atoms with Gasteiger partial charge in [0, 0.05) is 40.3 Å². The molecule has 8 heteroatoms. The minimum Gasteiger partial charge on any atom is -0.595 e. The van der Waals surface area contributed by atoms with Crippen LogP contribution in [-0.2, 0) is 0 Å². The van der Waals surface area contributed by atoms with E-state index in [0.717, 1.165) is 6.07 Å². The maximum absolute atomic E-state index is 11.0. The van der Waals surface area contributed by atoms with Crippen molar-refractivity contribution in [3.05, 3.63) is 29.0 Å². The van der Waals surface area contributed by atoms with Crippen molar-refractivity contribution in [2.75, 3.05) is 0 Å². The summed E-state index contributed by atoms with van der Waals surface area (Å²) in [5.74, 6) is 0. The summed E-state index contributed by atoms with van der Waals surface area (Å²) in [7, 11) is -1.79. The number of halogens is 1. The van der Waals surface area contributed by atoms with Gasteiger partial charge in [-0.25, -0.2) is 5.21 Å². The van der Waals surface area contributed by atoms with Gasteiger partial charge in [0.25, 0.3) is 0 Å². The van der Waals surface area contributed by atoms with Crippen LogP contribution in [-0.4, -0.2) is 26.2 Å². The molecule has 0 heterocycles. The van der Waals surface area contributed by atoms with Crippen LogP contribution in [0.15, 0.2) is 18.2 Å². The lowest BCUT2D eigenvalue weighted by Gasteiger charge is -2.13. The minimum absolute atomic E-state index is 0.0186. The summed E-state index contributed by atoms with van der Waals surface area (Å²) in [6, 6.07) is 3.53. The molecule has 4 N–H and O–H groups in total. The molecule has 1 aromatic rings. The maximum atomic E-state index is 11.0. The molecule has 6 nitrogen and oxygen atoms in total. The fourth-order valence-corrected chi connectivity index (χ4v) is 1.35. The van der Waals surface area contributed by atoms with Gasteiger partial charge < -0.3 is 15.3 Å². The first kappa shape index (κ1) is 12.6. The molecule has 1 rings (SSSR count). The van der Waals surface area contributed by atoms with Crippen molar-refractivity contribution >= 4 is 44.6 Å². The smallest absolute Gasteiger partial charge is 0.488 e. The number of carbonyl (C=O) groups is 1. The van der Waals surface area contributed by atoms with Gasteiger partial charge in [-0.3, -0.25) is 4.79 Å². The molecule has 0 saturated heterocycles. The number of hydrogen-bond acceptors (Lipinski definition) is 5. The average Bonchev–Trinajstić information content (AvgIpc) is 2.16. The highest BCUT2D eigenvalue weighted by Gasteiger charge is 2.17. The van der Waals surface area contributed by atoms with E-state index in [4.69, 9.17) is 15.3 Å². The van der Waals surface area contributed by atoms with Crippen molar-refractivity contribution < 1.29 is 25.3 Å². The molecule has 1 atom stereocenters. The van der Waals surface area contributed by atoms with Crippen molar-refractivity contribution in [1.82, 2.24) is 0 Å². The van der Waals surface area contributed by atoms with E-state index in [1.807, 2.05) is 0 Å². The van der Waals surface area contributed by atoms with E-state index >= 15 is 0 Å². The predicted molar refractivity (Wildman–Crippen MR) is 60.4 cm³/mol. The zero-order valence-electron chi connectivity index (χ0n) is 7.35. The standard InChI is InChI=1S/C7H7BINO5/c9-7(11)4-1-5(8(12)13)3-6(2-4)10(14)15/h1-3,10,12-14H. The molecule has 80 valence electrons. The summed E-state index contributed by atoms with van der Waals surface area (Å²) in [5, 5.41) is 35.9. The van der Waals surface area contributed by atoms with Crippen molar-refractivity contribution in [2.24, 2.45) is 0 Å². The van der Waals surface area contributed by atoms with E-state index in [0.29, 0.717) is 0 Å². The molecule has 0 fully saturated rings. The zero-order chi connectivity index (χ0) is 11.6. The molecule has 0 aliphatic carbocycles. The summed E-state index contributed by atoms with van der Waals surface area (Å²) >= 11 is 1.49. The van der Waals surface area contributed by atoms with Gasteiger partial charge in [0.1, 0.15) is 0 Å². The van der Waals surface area contributed by atoms with Gasteiger partial charge in [0.05, 0.1) is 0 Å². The molecule has 0 aromatic heterocycles. The molecule has 0 spiro atoms. The summed E-state index contributed by atoms with van der Waals surface area (Å²) in [4.78, 5) is 11.0. The lowest BCUT2D eigenvalue weighted by molar-refractivity contribution is -0.991. The summed E-state index contributed by atoms with van der Waals surface area (Å²) in [6.07, 6.45) is 0. The van der Waals surface area contributed by atoms with E-state index < -0.39 is 12.3 Å². The number of rotatable bonds is 3. The first-order chi connectivity index (χ1) is 6.91. The minimum atomic E-state index is -1.79. The van der Waals surface area contributed by atoms with Crippen LogP contribution < -0.4 is 10.7 Å². The highest BCUT2D eigenvalue weighted by Crippen LogP contribution is 2.09. The average molecular weight is 323 g/mol. The number of hydrogen-bond donors (Lipinski definition) is 4. The third-order valence-corrected chi connectivity index (χ3v) is 2.35. The highest BCUT2D eigenvalue weighted by atomic mass is 127. The van der Waals surface area contributed by atoms with Crippen molar-refractivity contribution in [3.8, 4) is 0 Å². The van der Waals surface area contributed by atoms with E-state index in [2.05, 4.69) is 0 Å². The normalized spacial score (nSPS) is 12.3. The van der Waals surface area contributed by atoms with E-state index in [-0.39, 0.29) is 20.5 Å². The Hall–Kier alpha value is -0.515. The van der Waals surface area contributed by atoms with Crippen molar-refractivity contribution in [1.29, 1.82) is 0 Å². The fourth-order valence-electron chi connectivity index (χ4n) is 1.04. The number of quaternary nitrogens is 1. The van der Waals surface area contributed by atoms with Gasteiger partial charge in [0.2, 0.25) is 3.79 Å². The first-order valence-corrected chi connectivity index (χ1v) is 4.94. The first-order valence-electron chi connectivity index (χ1n) is 3.86. The third kappa shape index (κ3) is 3.22. The Morgan fingerprint density at radius 3 is 2.40 bits per heavy atom. The largest absolute Gasteiger partial charge is 0.595 e. The lowest BCUT2D eigenvalue weighted by atomic mass is 9.79. The van der Waals surface area contributed by atoms with Gasteiger partial charge in [0.15, 0.2) is 5.69 Å².